The van der Waals surface area contributed by atoms with Gasteiger partial charge in [0, 0.05) is 48.0 Å². The van der Waals surface area contributed by atoms with Gasteiger partial charge in [0.05, 0.1) is 59.4 Å². The summed E-state index contributed by atoms with van der Waals surface area (Å²) in [5, 5.41) is 43.9. The zero-order valence-corrected chi connectivity index (χ0v) is 38.8. The second-order valence-electron chi connectivity index (χ2n) is 13.2. The van der Waals surface area contributed by atoms with E-state index >= 15 is 0 Å². The van der Waals surface area contributed by atoms with Crippen molar-refractivity contribution in [3.8, 4) is 11.5 Å². The van der Waals surface area contributed by atoms with Gasteiger partial charge < -0.3 is 20.8 Å². The molecule has 328 valence electrons. The number of phenols is 2. The fourth-order valence-corrected chi connectivity index (χ4v) is 6.75. The Morgan fingerprint density at radius 3 is 1.55 bits per heavy atom. The fourth-order valence-electron chi connectivity index (χ4n) is 6.02. The third kappa shape index (κ3) is 10.9. The Bertz CT molecular complexity index is 3050. The first-order valence-corrected chi connectivity index (χ1v) is 25.4. The predicted octanol–water partition coefficient (Wildman–Crippen LogP) is 17.2. The lowest BCUT2D eigenvalue weighted by atomic mass is 10.0. The maximum Gasteiger partial charge on any atom is 0.416 e. The zero-order chi connectivity index (χ0) is 46.7. The molecular formula is C42H22Cl4F6I2N6O4. The first kappa shape index (κ1) is 48.5. The van der Waals surface area contributed by atoms with Gasteiger partial charge in [-0.25, -0.2) is 0 Å². The lowest BCUT2D eigenvalue weighted by molar-refractivity contribution is -0.138. The molecule has 64 heavy (non-hydrogen) atoms. The molecule has 0 unspecified atom stereocenters. The third-order valence-electron chi connectivity index (χ3n) is 9.08. The van der Waals surface area contributed by atoms with E-state index in [0.29, 0.717) is 27.6 Å². The molecule has 0 aromatic heterocycles. The molecule has 10 nitrogen and oxygen atoms in total. The summed E-state index contributed by atoms with van der Waals surface area (Å²) in [5.74, 6) is -2.93. The number of benzene rings is 7. The van der Waals surface area contributed by atoms with Crippen LogP contribution >= 0.6 is 83.6 Å². The van der Waals surface area contributed by atoms with Gasteiger partial charge >= 0.3 is 12.4 Å². The number of halogens is 12. The van der Waals surface area contributed by atoms with E-state index in [-0.39, 0.29) is 65.3 Å². The van der Waals surface area contributed by atoms with Gasteiger partial charge in [-0.2, -0.15) is 26.3 Å². The van der Waals surface area contributed by atoms with Crippen LogP contribution in [-0.4, -0.2) is 22.0 Å². The molecule has 0 aliphatic rings. The molecule has 4 N–H and O–H groups in total. The molecule has 7 rings (SSSR count). The van der Waals surface area contributed by atoms with Crippen molar-refractivity contribution in [1.29, 1.82) is 0 Å². The second kappa shape index (κ2) is 20.0. The third-order valence-corrected chi connectivity index (χ3v) is 10.3. The lowest BCUT2D eigenvalue weighted by Gasteiger charge is -2.14. The number of anilines is 2. The fraction of sp³-hybridized carbons (Fsp3) is 0.0476. The number of carbonyl (C=O) groups is 2. The van der Waals surface area contributed by atoms with Crippen molar-refractivity contribution in [2.24, 2.45) is 20.5 Å². The monoisotopic (exact) mass is 1180 g/mol. The molecule has 0 atom stereocenters. The van der Waals surface area contributed by atoms with E-state index in [2.05, 4.69) is 68.3 Å². The van der Waals surface area contributed by atoms with Gasteiger partial charge in [0.2, 0.25) is 0 Å². The normalized spacial score (nSPS) is 11.9. The number of aromatic hydroxyl groups is 2. The number of rotatable bonds is 8. The van der Waals surface area contributed by atoms with Crippen molar-refractivity contribution in [2.45, 2.75) is 12.4 Å². The Hall–Kier alpha value is -5.00. The molecule has 7 aromatic rings. The van der Waals surface area contributed by atoms with E-state index in [1.807, 2.05) is 0 Å². The highest BCUT2D eigenvalue weighted by Gasteiger charge is 2.32. The molecule has 0 heterocycles. The van der Waals surface area contributed by atoms with Crippen LogP contribution in [0.25, 0.3) is 21.5 Å². The minimum atomic E-state index is -4.70. The summed E-state index contributed by atoms with van der Waals surface area (Å²) in [6.07, 6.45) is -9.34. The smallest absolute Gasteiger partial charge is 0.416 e. The van der Waals surface area contributed by atoms with Crippen molar-refractivity contribution in [3.05, 3.63) is 152 Å². The number of carbonyl (C=O) groups excluding carboxylic acids is 2. The molecular weight excluding hydrogens is 1160 g/mol. The minimum absolute atomic E-state index is 0.0378. The molecule has 0 radical (unpaired) electrons. The quantitative estimate of drug-likeness (QED) is 0.0681. The van der Waals surface area contributed by atoms with Gasteiger partial charge in [0.1, 0.15) is 22.8 Å². The number of phenolic OH excluding ortho intramolecular Hbond substituents is 2. The SMILES string of the molecule is II.O=C(Nc1cc(Cl)c(NC(=O)c2cc3ccccc3c(N=Nc3cc(C(F)(F)F)ccc3Cl)c2O)cc1Cl)c1cc2cccc(N=Nc3cc(C(F)(F)F)ccc3Cl)c2cc1O. The number of amides is 2. The highest BCUT2D eigenvalue weighted by atomic mass is 128. The van der Waals surface area contributed by atoms with Crippen LogP contribution in [0.4, 0.5) is 60.5 Å². The Morgan fingerprint density at radius 1 is 0.516 bits per heavy atom. The summed E-state index contributed by atoms with van der Waals surface area (Å²) >= 11 is 29.4. The van der Waals surface area contributed by atoms with Gasteiger partial charge in [0.25, 0.3) is 11.8 Å². The van der Waals surface area contributed by atoms with E-state index in [4.69, 9.17) is 46.4 Å². The Morgan fingerprint density at radius 2 is 0.984 bits per heavy atom. The van der Waals surface area contributed by atoms with E-state index < -0.39 is 46.8 Å². The topological polar surface area (TPSA) is 148 Å². The van der Waals surface area contributed by atoms with Crippen molar-refractivity contribution < 1.29 is 46.1 Å². The lowest BCUT2D eigenvalue weighted by Crippen LogP contribution is -2.14. The van der Waals surface area contributed by atoms with E-state index in [9.17, 15) is 46.1 Å². The molecule has 22 heteroatoms. The number of nitrogens with zero attached hydrogens (tertiary/aromatic N) is 4. The Balaban J connectivity index is 0.00000335. The Kier molecular flexibility index (Phi) is 15.2. The summed E-state index contributed by atoms with van der Waals surface area (Å²) in [5.41, 5.74) is -3.35. The van der Waals surface area contributed by atoms with Crippen LogP contribution in [0.15, 0.2) is 130 Å². The summed E-state index contributed by atoms with van der Waals surface area (Å²) in [4.78, 5) is 27.1. The highest BCUT2D eigenvalue weighted by molar-refractivity contribution is 15.0. The van der Waals surface area contributed by atoms with Crippen molar-refractivity contribution in [2.75, 3.05) is 10.6 Å². The maximum absolute atomic E-state index is 13.6. The average molecular weight is 1180 g/mol. The first-order chi connectivity index (χ1) is 30.3. The highest BCUT2D eigenvalue weighted by Crippen LogP contribution is 2.43. The molecule has 0 spiro atoms. The number of hydrogen-bond acceptors (Lipinski definition) is 8. The molecule has 0 aliphatic heterocycles. The first-order valence-electron chi connectivity index (χ1n) is 17.6. The van der Waals surface area contributed by atoms with Crippen LogP contribution in [0.5, 0.6) is 11.5 Å². The summed E-state index contributed by atoms with van der Waals surface area (Å²) < 4.78 is 79.8. The van der Waals surface area contributed by atoms with Gasteiger partial charge in [-0.3, -0.25) is 9.59 Å². The van der Waals surface area contributed by atoms with Crippen LogP contribution < -0.4 is 10.6 Å². The standard InChI is InChI=1S/C42H22Cl4F6N6O4.I2/c43-27-10-8-21(41(47,48)49)14-34(27)56-55-31-7-3-5-20-12-25(36(59)16-24(20)31)39(61)53-32-17-30(46)33(18-29(32)45)54-40(62)26-13-19-4-1-2-6-23(19)37(38(26)60)58-57-35-15-22(42(50,51)52)9-11-28(35)44;1-2/h1-18,59-60H,(H,53,61)(H,54,62);. The van der Waals surface area contributed by atoms with Crippen LogP contribution in [0.2, 0.25) is 20.1 Å². The summed E-state index contributed by atoms with van der Waals surface area (Å²) in [7, 11) is 0. The van der Waals surface area contributed by atoms with Gasteiger partial charge in [0.15, 0.2) is 5.75 Å². The zero-order valence-electron chi connectivity index (χ0n) is 31.4. The molecule has 0 fully saturated rings. The van der Waals surface area contributed by atoms with E-state index in [1.165, 1.54) is 36.4 Å². The number of alkyl halides is 6. The molecule has 0 bridgehead atoms. The number of hydrogen-bond donors (Lipinski definition) is 4. The minimum Gasteiger partial charge on any atom is -0.507 e. The van der Waals surface area contributed by atoms with Gasteiger partial charge in [-0.05, 0) is 83.6 Å². The largest absolute Gasteiger partial charge is 0.507 e. The van der Waals surface area contributed by atoms with Crippen molar-refractivity contribution >= 4 is 151 Å². The number of nitrogens with one attached hydrogen (secondary N) is 2. The number of azo groups is 2. The average Bonchev–Trinajstić information content (AvgIpc) is 3.24. The summed E-state index contributed by atoms with van der Waals surface area (Å²) in [6, 6.07) is 22.4. The molecule has 0 aliphatic carbocycles. The van der Waals surface area contributed by atoms with Gasteiger partial charge in [-0.1, -0.05) is 82.8 Å². The second-order valence-corrected chi connectivity index (χ2v) is 14.8. The van der Waals surface area contributed by atoms with Crippen LogP contribution in [0.3, 0.4) is 0 Å². The van der Waals surface area contributed by atoms with Crippen LogP contribution in [0.1, 0.15) is 31.8 Å². The molecule has 7 aromatic carbocycles. The van der Waals surface area contributed by atoms with E-state index in [1.54, 1.807) is 36.4 Å². The van der Waals surface area contributed by atoms with Crippen molar-refractivity contribution in [1.82, 2.24) is 0 Å². The summed E-state index contributed by atoms with van der Waals surface area (Å²) in [6.45, 7) is 0. The maximum atomic E-state index is 13.6. The molecule has 0 saturated carbocycles. The Labute approximate surface area is 400 Å². The van der Waals surface area contributed by atoms with Crippen LogP contribution in [0, 0.1) is 0 Å². The molecule has 2 amide bonds. The van der Waals surface area contributed by atoms with Gasteiger partial charge in [-0.15, -0.1) is 20.5 Å². The number of fused-ring (bicyclic) bond motifs is 2. The molecule has 0 saturated heterocycles. The predicted molar refractivity (Wildman–Crippen MR) is 253 cm³/mol. The van der Waals surface area contributed by atoms with Crippen LogP contribution in [-0.2, 0) is 12.4 Å². The van der Waals surface area contributed by atoms with Crippen molar-refractivity contribution in [3.63, 3.8) is 0 Å². The van der Waals surface area contributed by atoms with E-state index in [0.717, 1.165) is 30.3 Å².